The number of benzene rings is 1. The van der Waals surface area contributed by atoms with E-state index in [9.17, 15) is 9.59 Å². The lowest BCUT2D eigenvalue weighted by Gasteiger charge is -2.17. The number of hydrogen-bond donors (Lipinski definition) is 1. The smallest absolute Gasteiger partial charge is 0.262 e. The van der Waals surface area contributed by atoms with Gasteiger partial charge in [0.1, 0.15) is 10.8 Å². The van der Waals surface area contributed by atoms with Crippen molar-refractivity contribution in [3.8, 4) is 16.3 Å². The summed E-state index contributed by atoms with van der Waals surface area (Å²) >= 11 is 3.17. The predicted molar refractivity (Wildman–Crippen MR) is 99.4 cm³/mol. The van der Waals surface area contributed by atoms with Crippen LogP contribution >= 0.6 is 22.7 Å². The number of thiophene rings is 1. The summed E-state index contributed by atoms with van der Waals surface area (Å²) in [7, 11) is 0. The third-order valence-corrected chi connectivity index (χ3v) is 5.19. The molecule has 0 unspecified atom stereocenters. The Labute approximate surface area is 151 Å². The van der Waals surface area contributed by atoms with Crippen molar-refractivity contribution in [3.63, 3.8) is 0 Å². The van der Waals surface area contributed by atoms with Gasteiger partial charge in [-0.25, -0.2) is 4.98 Å². The lowest BCUT2D eigenvalue weighted by atomic mass is 10.1. The van der Waals surface area contributed by atoms with Gasteiger partial charge in [0.15, 0.2) is 12.4 Å². The molecule has 0 aliphatic carbocycles. The highest BCUT2D eigenvalue weighted by atomic mass is 32.1. The van der Waals surface area contributed by atoms with Crippen LogP contribution in [0, 0.1) is 0 Å². The lowest BCUT2D eigenvalue weighted by Crippen LogP contribution is -2.25. The Hall–Kier alpha value is -2.77. The van der Waals surface area contributed by atoms with Crippen LogP contribution in [0.25, 0.3) is 16.6 Å². The minimum atomic E-state index is -0.226. The fourth-order valence-electron chi connectivity index (χ4n) is 2.38. The molecule has 1 amide bonds. The van der Waals surface area contributed by atoms with Crippen LogP contribution in [-0.2, 0) is 4.79 Å². The number of ether oxygens (including phenoxy) is 1. The lowest BCUT2D eigenvalue weighted by molar-refractivity contribution is -0.118. The number of nitrogens with one attached hydrogen (secondary N) is 1. The van der Waals surface area contributed by atoms with Crippen molar-refractivity contribution in [2.75, 3.05) is 11.9 Å². The van der Waals surface area contributed by atoms with E-state index in [2.05, 4.69) is 10.3 Å². The highest BCUT2D eigenvalue weighted by Gasteiger charge is 2.17. The Morgan fingerprint density at radius 3 is 3.04 bits per heavy atom. The molecular formula is C18H12N2O3S2. The Bertz CT molecular complexity index is 974. The SMILES string of the molecule is O=C1COc2ccc(C(=O)C=Cc3csc(-c4ccsc4)n3)cc2N1. The van der Waals surface area contributed by atoms with E-state index in [1.165, 1.54) is 6.08 Å². The van der Waals surface area contributed by atoms with Gasteiger partial charge in [0, 0.05) is 21.9 Å². The molecule has 5 nitrogen and oxygen atoms in total. The normalized spacial score (nSPS) is 13.4. The third kappa shape index (κ3) is 3.38. The second-order valence-electron chi connectivity index (χ2n) is 5.33. The molecule has 0 saturated heterocycles. The van der Waals surface area contributed by atoms with Crippen LogP contribution in [0.5, 0.6) is 5.75 Å². The van der Waals surface area contributed by atoms with Gasteiger partial charge in [0.2, 0.25) is 0 Å². The number of carbonyl (C=O) groups excluding carboxylic acids is 2. The van der Waals surface area contributed by atoms with Crippen LogP contribution in [0.4, 0.5) is 5.69 Å². The van der Waals surface area contributed by atoms with Crippen LogP contribution < -0.4 is 10.1 Å². The maximum absolute atomic E-state index is 12.4. The number of amides is 1. The van der Waals surface area contributed by atoms with Gasteiger partial charge in [-0.05, 0) is 41.8 Å². The molecule has 0 bridgehead atoms. The Morgan fingerprint density at radius 2 is 2.20 bits per heavy atom. The van der Waals surface area contributed by atoms with Crippen LogP contribution in [0.3, 0.4) is 0 Å². The van der Waals surface area contributed by atoms with E-state index in [-0.39, 0.29) is 18.3 Å². The summed E-state index contributed by atoms with van der Waals surface area (Å²) in [6.45, 7) is -0.00349. The zero-order valence-corrected chi connectivity index (χ0v) is 14.5. The largest absolute Gasteiger partial charge is 0.482 e. The van der Waals surface area contributed by atoms with Crippen LogP contribution in [0.15, 0.2) is 46.5 Å². The first kappa shape index (κ1) is 15.7. The predicted octanol–water partition coefficient (Wildman–Crippen LogP) is 4.10. The van der Waals surface area contributed by atoms with E-state index in [0.717, 1.165) is 16.3 Å². The molecule has 0 atom stereocenters. The van der Waals surface area contributed by atoms with E-state index in [4.69, 9.17) is 4.74 Å². The number of allylic oxidation sites excluding steroid dienone is 1. The number of thiazole rings is 1. The molecule has 1 aliphatic heterocycles. The van der Waals surface area contributed by atoms with E-state index >= 15 is 0 Å². The Morgan fingerprint density at radius 1 is 1.28 bits per heavy atom. The highest BCUT2D eigenvalue weighted by Crippen LogP contribution is 2.29. The number of anilines is 1. The summed E-state index contributed by atoms with van der Waals surface area (Å²) in [6.07, 6.45) is 3.18. The summed E-state index contributed by atoms with van der Waals surface area (Å²) < 4.78 is 5.29. The summed E-state index contributed by atoms with van der Waals surface area (Å²) in [5.41, 5.74) is 2.83. The van der Waals surface area contributed by atoms with E-state index in [0.29, 0.717) is 17.0 Å². The molecule has 0 radical (unpaired) electrons. The number of ketones is 1. The average molecular weight is 368 g/mol. The molecule has 4 rings (SSSR count). The number of fused-ring (bicyclic) bond motifs is 1. The molecule has 124 valence electrons. The number of carbonyl (C=O) groups is 2. The van der Waals surface area contributed by atoms with E-state index in [1.807, 2.05) is 22.2 Å². The summed E-state index contributed by atoms with van der Waals surface area (Å²) in [5.74, 6) is 0.184. The second kappa shape index (κ2) is 6.62. The molecule has 0 fully saturated rings. The molecular weight excluding hydrogens is 356 g/mol. The van der Waals surface area contributed by atoms with Gasteiger partial charge in [-0.15, -0.1) is 11.3 Å². The van der Waals surface area contributed by atoms with Crippen molar-refractivity contribution in [1.82, 2.24) is 4.98 Å². The van der Waals surface area contributed by atoms with Crippen molar-refractivity contribution in [2.45, 2.75) is 0 Å². The monoisotopic (exact) mass is 368 g/mol. The van der Waals surface area contributed by atoms with Crippen LogP contribution in [0.1, 0.15) is 16.1 Å². The summed E-state index contributed by atoms with van der Waals surface area (Å²) in [6, 6.07) is 7.01. The maximum Gasteiger partial charge on any atom is 0.262 e. The second-order valence-corrected chi connectivity index (χ2v) is 6.97. The van der Waals surface area contributed by atoms with Crippen molar-refractivity contribution in [2.24, 2.45) is 0 Å². The Kier molecular flexibility index (Phi) is 4.17. The van der Waals surface area contributed by atoms with Crippen molar-refractivity contribution < 1.29 is 14.3 Å². The van der Waals surface area contributed by atoms with Crippen LogP contribution in [0.2, 0.25) is 0 Å². The topological polar surface area (TPSA) is 68.3 Å². The van der Waals surface area contributed by atoms with Gasteiger partial charge in [0.05, 0.1) is 11.4 Å². The molecule has 25 heavy (non-hydrogen) atoms. The Balaban J connectivity index is 1.51. The number of nitrogens with zero attached hydrogens (tertiary/aromatic N) is 1. The standard InChI is InChI=1S/C18H12N2O3S2/c21-15(11-1-4-16-14(7-11)20-17(22)8-23-16)3-2-13-10-25-18(19-13)12-5-6-24-9-12/h1-7,9-10H,8H2,(H,20,22). The van der Waals surface area contributed by atoms with Gasteiger partial charge < -0.3 is 10.1 Å². The van der Waals surface area contributed by atoms with Crippen molar-refractivity contribution in [1.29, 1.82) is 0 Å². The fraction of sp³-hybridized carbons (Fsp3) is 0.0556. The number of rotatable bonds is 4. The van der Waals surface area contributed by atoms with Crippen molar-refractivity contribution in [3.05, 3.63) is 57.7 Å². The first-order chi connectivity index (χ1) is 12.2. The molecule has 3 heterocycles. The van der Waals surface area contributed by atoms with Gasteiger partial charge in [0.25, 0.3) is 5.91 Å². The quantitative estimate of drug-likeness (QED) is 0.556. The first-order valence-corrected chi connectivity index (χ1v) is 9.28. The first-order valence-electron chi connectivity index (χ1n) is 7.46. The molecule has 0 saturated carbocycles. The van der Waals surface area contributed by atoms with Gasteiger partial charge in [-0.3, -0.25) is 9.59 Å². The average Bonchev–Trinajstić information content (AvgIpc) is 3.30. The van der Waals surface area contributed by atoms with Crippen molar-refractivity contribution >= 4 is 46.1 Å². The van der Waals surface area contributed by atoms with Gasteiger partial charge in [-0.2, -0.15) is 11.3 Å². The van der Waals surface area contributed by atoms with Gasteiger partial charge in [-0.1, -0.05) is 0 Å². The molecule has 7 heteroatoms. The van der Waals surface area contributed by atoms with E-state index < -0.39 is 0 Å². The zero-order valence-electron chi connectivity index (χ0n) is 12.9. The zero-order chi connectivity index (χ0) is 17.2. The summed E-state index contributed by atoms with van der Waals surface area (Å²) in [5, 5.41) is 9.60. The van der Waals surface area contributed by atoms with E-state index in [1.54, 1.807) is 46.9 Å². The molecule has 0 spiro atoms. The van der Waals surface area contributed by atoms with Crippen LogP contribution in [-0.4, -0.2) is 23.3 Å². The number of hydrogen-bond acceptors (Lipinski definition) is 6. The third-order valence-electron chi connectivity index (χ3n) is 3.59. The molecule has 1 aromatic carbocycles. The molecule has 1 aliphatic rings. The maximum atomic E-state index is 12.4. The minimum absolute atomic E-state index is 0.00349. The number of aromatic nitrogens is 1. The minimum Gasteiger partial charge on any atom is -0.482 e. The molecule has 3 aromatic rings. The molecule has 2 aromatic heterocycles. The fourth-order valence-corrected chi connectivity index (χ4v) is 3.88. The summed E-state index contributed by atoms with van der Waals surface area (Å²) in [4.78, 5) is 28.2. The highest BCUT2D eigenvalue weighted by molar-refractivity contribution is 7.14. The molecule has 1 N–H and O–H groups in total. The van der Waals surface area contributed by atoms with Gasteiger partial charge >= 0.3 is 0 Å².